The van der Waals surface area contributed by atoms with E-state index < -0.39 is 75.7 Å². The Balaban J connectivity index is -0.000000138. The highest BCUT2D eigenvalue weighted by Gasteiger charge is 2.60. The van der Waals surface area contributed by atoms with Gasteiger partial charge in [0.05, 0.1) is 23.0 Å². The Morgan fingerprint density at radius 1 is 0.657 bits per heavy atom. The van der Waals surface area contributed by atoms with Gasteiger partial charge in [0.15, 0.2) is 0 Å². The van der Waals surface area contributed by atoms with E-state index in [2.05, 4.69) is 0 Å². The standard InChI is InChI=1S/C11H12O6.C5H12O3.CH4.IO4.IO3/c1-9(3-12,4-13)11(7-16,8-17)10(2,5-14)6-15;1-3(6)5(8)4(2)7;;2-1(3,4)5;2-1(3)4/h3-8H,1-2H3;3-8H,1-2H3;1H4;;/q;;;2*-1. The Kier molecular flexibility index (Phi) is 25.4. The Hall–Kier alpha value is -0.920. The number of hydrogen-bond donors (Lipinski definition) is 3. The molecule has 0 bridgehead atoms. The minimum Gasteiger partial charge on any atom is -0.427 e. The molecule has 0 aromatic carbocycles. The van der Waals surface area contributed by atoms with Crippen LogP contribution in [0.4, 0.5) is 0 Å². The van der Waals surface area contributed by atoms with Crippen LogP contribution in [0.2, 0.25) is 0 Å². The van der Waals surface area contributed by atoms with Gasteiger partial charge in [-0.2, -0.15) is 0 Å². The summed E-state index contributed by atoms with van der Waals surface area (Å²) in [4.78, 5) is 65.9. The molecule has 16 nitrogen and oxygen atoms in total. The molecule has 0 amide bonds. The second kappa shape index (κ2) is 20.2. The molecular formula is C17H28I2O16-2. The number of aldehydes is 6. The monoisotopic (exact) mass is 742 g/mol. The van der Waals surface area contributed by atoms with Gasteiger partial charge in [-0.15, -0.1) is 0 Å². The van der Waals surface area contributed by atoms with E-state index in [1.807, 2.05) is 0 Å². The third-order valence-electron chi connectivity index (χ3n) is 4.12. The third kappa shape index (κ3) is 17.2. The van der Waals surface area contributed by atoms with Gasteiger partial charge in [0.25, 0.3) is 21.1 Å². The number of rotatable bonds is 10. The summed E-state index contributed by atoms with van der Waals surface area (Å²) in [6, 6.07) is 0. The summed E-state index contributed by atoms with van der Waals surface area (Å²) in [7, 11) is 0. The van der Waals surface area contributed by atoms with Crippen molar-refractivity contribution in [1.82, 2.24) is 0 Å². The molecule has 35 heavy (non-hydrogen) atoms. The van der Waals surface area contributed by atoms with Gasteiger partial charge in [-0.25, -0.2) is 0 Å². The lowest BCUT2D eigenvalue weighted by Gasteiger charge is -2.40. The first kappa shape index (κ1) is 44.1. The first-order valence-electron chi connectivity index (χ1n) is 8.32. The van der Waals surface area contributed by atoms with E-state index in [0.29, 0.717) is 0 Å². The minimum absolute atomic E-state index is 0. The number of aliphatic hydroxyl groups is 3. The lowest BCUT2D eigenvalue weighted by atomic mass is 9.54. The molecule has 0 aliphatic rings. The molecule has 0 saturated heterocycles. The molecule has 0 aliphatic carbocycles. The van der Waals surface area contributed by atoms with E-state index in [4.69, 9.17) is 39.4 Å². The van der Waals surface area contributed by atoms with Crippen LogP contribution in [0.3, 0.4) is 0 Å². The third-order valence-corrected chi connectivity index (χ3v) is 4.12. The maximum absolute atomic E-state index is 11.1. The van der Waals surface area contributed by atoms with E-state index in [1.54, 1.807) is 0 Å². The predicted octanol–water partition coefficient (Wildman–Crippen LogP) is -15.4. The van der Waals surface area contributed by atoms with Crippen LogP contribution in [0.5, 0.6) is 0 Å². The molecule has 0 heterocycles. The summed E-state index contributed by atoms with van der Waals surface area (Å²) in [6.45, 7) is 4.89. The van der Waals surface area contributed by atoms with E-state index in [0.717, 1.165) is 13.8 Å². The van der Waals surface area contributed by atoms with Gasteiger partial charge in [0.1, 0.15) is 69.3 Å². The van der Waals surface area contributed by atoms with Gasteiger partial charge < -0.3 is 54.4 Å². The van der Waals surface area contributed by atoms with Crippen LogP contribution >= 0.6 is 0 Å². The van der Waals surface area contributed by atoms with Gasteiger partial charge in [0, 0.05) is 0 Å². The number of hydrogen-bond acceptors (Lipinski definition) is 16. The number of halogens is 2. The normalized spacial score (nSPS) is 13.8. The van der Waals surface area contributed by atoms with Crippen molar-refractivity contribution in [1.29, 1.82) is 0 Å². The van der Waals surface area contributed by atoms with Crippen molar-refractivity contribution in [2.24, 2.45) is 16.2 Å². The molecule has 0 radical (unpaired) electrons. The van der Waals surface area contributed by atoms with Gasteiger partial charge in [-0.05, 0) is 27.7 Å². The lowest BCUT2D eigenvalue weighted by molar-refractivity contribution is -2.00. The SMILES string of the molecule is C.CC(C=O)(C=O)C(C=O)(C=O)C(C)(C=O)C=O.CC(O)C(O)C(C)O.[O-][I+2]([O-])[O-].[O-][I+3]([O-])([O-])[O-]. The van der Waals surface area contributed by atoms with Crippen LogP contribution in [0.15, 0.2) is 0 Å². The van der Waals surface area contributed by atoms with Gasteiger partial charge in [-0.3, -0.25) is 13.7 Å². The quantitative estimate of drug-likeness (QED) is 0.106. The van der Waals surface area contributed by atoms with Gasteiger partial charge in [-0.1, -0.05) is 7.43 Å². The van der Waals surface area contributed by atoms with E-state index >= 15 is 0 Å². The van der Waals surface area contributed by atoms with Gasteiger partial charge >= 0.3 is 0 Å². The van der Waals surface area contributed by atoms with Crippen LogP contribution in [-0.2, 0) is 28.8 Å². The highest BCUT2D eigenvalue weighted by molar-refractivity contribution is 6.07. The number of carbonyl (C=O) groups is 6. The van der Waals surface area contributed by atoms with E-state index in [9.17, 15) is 28.8 Å². The van der Waals surface area contributed by atoms with E-state index in [-0.39, 0.29) is 45.1 Å². The Morgan fingerprint density at radius 2 is 0.829 bits per heavy atom. The molecule has 0 aromatic heterocycles. The summed E-state index contributed by atoms with van der Waals surface area (Å²) in [5.41, 5.74) is -6.49. The highest BCUT2D eigenvalue weighted by atomic mass is 127. The summed E-state index contributed by atoms with van der Waals surface area (Å²) in [5, 5.41) is 25.9. The molecule has 2 atom stereocenters. The van der Waals surface area contributed by atoms with Crippen LogP contribution < -0.4 is 65.2 Å². The largest absolute Gasteiger partial charge is 0.427 e. The molecule has 0 spiro atoms. The smallest absolute Gasteiger partial charge is 0.282 e. The summed E-state index contributed by atoms with van der Waals surface area (Å²) in [6.07, 6.45) is -2.43. The summed E-state index contributed by atoms with van der Waals surface area (Å²) < 4.78 is 60.2. The molecule has 208 valence electrons. The zero-order chi connectivity index (χ0) is 28.6. The van der Waals surface area contributed by atoms with Crippen molar-refractivity contribution in [3.63, 3.8) is 0 Å². The number of aliphatic hydroxyl groups excluding tert-OH is 3. The Bertz CT molecular complexity index is 563. The molecule has 2 unspecified atom stereocenters. The van der Waals surface area contributed by atoms with Crippen LogP contribution in [0.25, 0.3) is 0 Å². The fourth-order valence-corrected chi connectivity index (χ4v) is 1.96. The molecule has 0 aliphatic heterocycles. The second-order valence-electron chi connectivity index (χ2n) is 6.68. The van der Waals surface area contributed by atoms with Crippen LogP contribution in [0.1, 0.15) is 35.1 Å². The molecule has 0 rings (SSSR count). The molecule has 3 N–H and O–H groups in total. The fraction of sp³-hybridized carbons (Fsp3) is 0.647. The van der Waals surface area contributed by atoms with Crippen molar-refractivity contribution in [2.75, 3.05) is 0 Å². The fourth-order valence-electron chi connectivity index (χ4n) is 1.96. The minimum atomic E-state index is -5.94. The lowest BCUT2D eigenvalue weighted by Crippen LogP contribution is -4.29. The zero-order valence-corrected chi connectivity index (χ0v) is 22.4. The maximum atomic E-state index is 11.1. The average molecular weight is 742 g/mol. The topological polar surface area (TPSA) is 325 Å². The Morgan fingerprint density at radius 3 is 0.886 bits per heavy atom. The molecule has 0 aromatic rings. The van der Waals surface area contributed by atoms with Gasteiger partial charge in [0.2, 0.25) is 0 Å². The predicted molar refractivity (Wildman–Crippen MR) is 91.1 cm³/mol. The average Bonchev–Trinajstić information content (AvgIpc) is 2.72. The highest BCUT2D eigenvalue weighted by Crippen LogP contribution is 2.45. The van der Waals surface area contributed by atoms with Crippen LogP contribution in [-0.4, -0.2) is 71.3 Å². The molecule has 0 fully saturated rings. The van der Waals surface area contributed by atoms with Crippen molar-refractivity contribution >= 4 is 37.7 Å². The second-order valence-corrected chi connectivity index (χ2v) is 9.92. The summed E-state index contributed by atoms with van der Waals surface area (Å²) >= 11 is -9.95. The van der Waals surface area contributed by atoms with Crippen molar-refractivity contribution in [2.45, 2.75) is 53.4 Å². The first-order chi connectivity index (χ1) is 15.1. The van der Waals surface area contributed by atoms with Crippen molar-refractivity contribution in [3.05, 3.63) is 0 Å². The molecular weight excluding hydrogens is 714 g/mol. The van der Waals surface area contributed by atoms with Crippen molar-refractivity contribution < 1.29 is 109 Å². The first-order valence-corrected chi connectivity index (χ1v) is 14.5. The Labute approximate surface area is 216 Å². The summed E-state index contributed by atoms with van der Waals surface area (Å²) in [5.74, 6) is 0. The van der Waals surface area contributed by atoms with E-state index in [1.165, 1.54) is 13.8 Å². The van der Waals surface area contributed by atoms with Crippen molar-refractivity contribution in [3.8, 4) is 0 Å². The molecule has 18 heteroatoms. The molecule has 0 saturated carbocycles. The van der Waals surface area contributed by atoms with Crippen LogP contribution in [0, 0.1) is 16.2 Å². The maximum Gasteiger partial charge on any atom is 0.282 e. The number of carbonyl (C=O) groups excluding carboxylic acids is 6. The zero-order valence-electron chi connectivity index (χ0n) is 18.1.